The van der Waals surface area contributed by atoms with Gasteiger partial charge in [0.1, 0.15) is 6.61 Å². The summed E-state index contributed by atoms with van der Waals surface area (Å²) in [5, 5.41) is 11.6. The molecule has 114 valence electrons. The van der Waals surface area contributed by atoms with Gasteiger partial charge in [-0.15, -0.1) is 0 Å². The zero-order valence-electron chi connectivity index (χ0n) is 12.7. The van der Waals surface area contributed by atoms with Crippen LogP contribution in [0.1, 0.15) is 36.2 Å². The van der Waals surface area contributed by atoms with E-state index in [0.29, 0.717) is 30.2 Å². The van der Waals surface area contributed by atoms with Gasteiger partial charge in [-0.2, -0.15) is 0 Å². The smallest absolute Gasteiger partial charge is 0.252 e. The van der Waals surface area contributed by atoms with Gasteiger partial charge in [0.2, 0.25) is 0 Å². The number of ether oxygens (including phenoxy) is 1. The third-order valence-electron chi connectivity index (χ3n) is 2.68. The molecule has 0 aliphatic rings. The van der Waals surface area contributed by atoms with Crippen LogP contribution in [0.5, 0.6) is 0 Å². The molecular weight excluding hydrogens is 266 g/mol. The highest BCUT2D eigenvalue weighted by molar-refractivity contribution is 5.96. The fourth-order valence-electron chi connectivity index (χ4n) is 1.72. The van der Waals surface area contributed by atoms with E-state index in [1.54, 1.807) is 18.2 Å². The second-order valence-corrected chi connectivity index (χ2v) is 5.08. The lowest BCUT2D eigenvalue weighted by Crippen LogP contribution is -2.26. The van der Waals surface area contributed by atoms with Crippen molar-refractivity contribution in [3.05, 3.63) is 35.4 Å². The van der Waals surface area contributed by atoms with Crippen molar-refractivity contribution < 1.29 is 14.6 Å². The number of hydrogen-bond acceptors (Lipinski definition) is 3. The van der Waals surface area contributed by atoms with Crippen molar-refractivity contribution in [3.8, 4) is 11.8 Å². The maximum absolute atomic E-state index is 12.1. The molecular formula is C17H23NO3. The molecule has 0 aliphatic heterocycles. The third-order valence-corrected chi connectivity index (χ3v) is 2.68. The van der Waals surface area contributed by atoms with E-state index in [9.17, 15) is 4.79 Å². The Morgan fingerprint density at radius 3 is 2.86 bits per heavy atom. The maximum Gasteiger partial charge on any atom is 0.252 e. The number of aliphatic hydroxyl groups excluding tert-OH is 1. The van der Waals surface area contributed by atoms with E-state index in [0.717, 1.165) is 13.0 Å². The fraction of sp³-hybridized carbons (Fsp3) is 0.471. The van der Waals surface area contributed by atoms with Gasteiger partial charge < -0.3 is 15.2 Å². The predicted molar refractivity (Wildman–Crippen MR) is 83.0 cm³/mol. The van der Waals surface area contributed by atoms with E-state index in [1.165, 1.54) is 0 Å². The van der Waals surface area contributed by atoms with Crippen LogP contribution in [0.25, 0.3) is 0 Å². The van der Waals surface area contributed by atoms with Crippen LogP contribution < -0.4 is 5.32 Å². The molecule has 0 heterocycles. The Kier molecular flexibility index (Phi) is 8.18. The van der Waals surface area contributed by atoms with Crippen molar-refractivity contribution in [1.82, 2.24) is 5.32 Å². The molecule has 1 amide bonds. The van der Waals surface area contributed by atoms with Gasteiger partial charge >= 0.3 is 0 Å². The Labute approximate surface area is 126 Å². The van der Waals surface area contributed by atoms with Crippen molar-refractivity contribution >= 4 is 5.91 Å². The van der Waals surface area contributed by atoms with Gasteiger partial charge in [0, 0.05) is 25.3 Å². The minimum atomic E-state index is -0.219. The molecule has 1 aromatic rings. The fourth-order valence-corrected chi connectivity index (χ4v) is 1.72. The highest BCUT2D eigenvalue weighted by atomic mass is 16.5. The second-order valence-electron chi connectivity index (χ2n) is 5.08. The quantitative estimate of drug-likeness (QED) is 0.594. The highest BCUT2D eigenvalue weighted by Gasteiger charge is 2.08. The number of rotatable bonds is 7. The van der Waals surface area contributed by atoms with E-state index in [1.807, 2.05) is 6.07 Å². The lowest BCUT2D eigenvalue weighted by molar-refractivity contribution is 0.0924. The maximum atomic E-state index is 12.1. The summed E-state index contributed by atoms with van der Waals surface area (Å²) in [6.45, 7) is 5.94. The molecule has 21 heavy (non-hydrogen) atoms. The first-order valence-electron chi connectivity index (χ1n) is 7.20. The molecule has 0 bridgehead atoms. The average Bonchev–Trinajstić information content (AvgIpc) is 2.48. The SMILES string of the molecule is CC(C)COCCCNC(=O)c1ccccc1C#CCO. The lowest BCUT2D eigenvalue weighted by Gasteiger charge is -2.08. The van der Waals surface area contributed by atoms with E-state index in [2.05, 4.69) is 31.0 Å². The largest absolute Gasteiger partial charge is 0.384 e. The zero-order valence-corrected chi connectivity index (χ0v) is 12.7. The Morgan fingerprint density at radius 2 is 2.14 bits per heavy atom. The zero-order chi connectivity index (χ0) is 15.5. The summed E-state index contributed by atoms with van der Waals surface area (Å²) in [7, 11) is 0. The Bertz CT molecular complexity index is 500. The Balaban J connectivity index is 2.42. The molecule has 0 aliphatic carbocycles. The molecule has 0 radical (unpaired) electrons. The average molecular weight is 289 g/mol. The first-order valence-corrected chi connectivity index (χ1v) is 7.20. The topological polar surface area (TPSA) is 58.6 Å². The number of amides is 1. The number of hydrogen-bond donors (Lipinski definition) is 2. The molecule has 2 N–H and O–H groups in total. The van der Waals surface area contributed by atoms with E-state index in [-0.39, 0.29) is 12.5 Å². The summed E-state index contributed by atoms with van der Waals surface area (Å²) in [5.41, 5.74) is 1.15. The monoisotopic (exact) mass is 289 g/mol. The molecule has 1 aromatic carbocycles. The second kappa shape index (κ2) is 9.98. The molecule has 0 saturated carbocycles. The minimum Gasteiger partial charge on any atom is -0.384 e. The summed E-state index contributed by atoms with van der Waals surface area (Å²) < 4.78 is 5.46. The van der Waals surface area contributed by atoms with Crippen molar-refractivity contribution in [2.24, 2.45) is 5.92 Å². The molecule has 0 saturated heterocycles. The van der Waals surface area contributed by atoms with Gasteiger partial charge in [-0.1, -0.05) is 37.8 Å². The molecule has 4 nitrogen and oxygen atoms in total. The van der Waals surface area contributed by atoms with Crippen LogP contribution in [0.4, 0.5) is 0 Å². The first-order chi connectivity index (χ1) is 10.1. The van der Waals surface area contributed by atoms with Crippen LogP contribution in [0.15, 0.2) is 24.3 Å². The molecule has 0 aromatic heterocycles. The van der Waals surface area contributed by atoms with Crippen LogP contribution >= 0.6 is 0 Å². The van der Waals surface area contributed by atoms with E-state index in [4.69, 9.17) is 9.84 Å². The molecule has 4 heteroatoms. The van der Waals surface area contributed by atoms with Crippen molar-refractivity contribution in [1.29, 1.82) is 0 Å². The molecule has 0 unspecified atom stereocenters. The molecule has 0 spiro atoms. The van der Waals surface area contributed by atoms with Gasteiger partial charge in [-0.05, 0) is 24.5 Å². The van der Waals surface area contributed by atoms with Gasteiger partial charge in [0.25, 0.3) is 5.91 Å². The lowest BCUT2D eigenvalue weighted by atomic mass is 10.1. The normalized spacial score (nSPS) is 10.1. The summed E-state index contributed by atoms with van der Waals surface area (Å²) >= 11 is 0. The van der Waals surface area contributed by atoms with Crippen LogP contribution in [0.2, 0.25) is 0 Å². The van der Waals surface area contributed by atoms with Crippen molar-refractivity contribution in [3.63, 3.8) is 0 Å². The number of carbonyl (C=O) groups is 1. The number of benzene rings is 1. The van der Waals surface area contributed by atoms with Crippen LogP contribution in [-0.2, 0) is 4.74 Å². The van der Waals surface area contributed by atoms with Crippen LogP contribution in [-0.4, -0.2) is 37.4 Å². The van der Waals surface area contributed by atoms with Gasteiger partial charge in [0.15, 0.2) is 0 Å². The van der Waals surface area contributed by atoms with Crippen molar-refractivity contribution in [2.45, 2.75) is 20.3 Å². The minimum absolute atomic E-state index is 0.151. The number of nitrogens with one attached hydrogen (secondary N) is 1. The van der Waals surface area contributed by atoms with E-state index >= 15 is 0 Å². The van der Waals surface area contributed by atoms with Crippen LogP contribution in [0, 0.1) is 17.8 Å². The van der Waals surface area contributed by atoms with Crippen molar-refractivity contribution in [2.75, 3.05) is 26.4 Å². The molecule has 1 rings (SSSR count). The molecule has 0 fully saturated rings. The standard InChI is InChI=1S/C17H23NO3/c1-14(2)13-21-12-6-10-18-17(20)16-9-4-3-7-15(16)8-5-11-19/h3-4,7,9,14,19H,6,10-13H2,1-2H3,(H,18,20). The summed E-state index contributed by atoms with van der Waals surface area (Å²) in [5.74, 6) is 5.71. The Hall–Kier alpha value is -1.83. The molecule has 0 atom stereocenters. The first kappa shape index (κ1) is 17.2. The van der Waals surface area contributed by atoms with Gasteiger partial charge in [-0.25, -0.2) is 0 Å². The Morgan fingerprint density at radius 1 is 1.38 bits per heavy atom. The summed E-state index contributed by atoms with van der Waals surface area (Å²) in [4.78, 5) is 12.1. The van der Waals surface area contributed by atoms with Gasteiger partial charge in [-0.3, -0.25) is 4.79 Å². The number of aliphatic hydroxyl groups is 1. The summed E-state index contributed by atoms with van der Waals surface area (Å²) in [6.07, 6.45) is 0.781. The predicted octanol–water partition coefficient (Wildman–Crippen LogP) is 1.82. The van der Waals surface area contributed by atoms with E-state index < -0.39 is 0 Å². The number of carbonyl (C=O) groups excluding carboxylic acids is 1. The third kappa shape index (κ3) is 6.94. The summed E-state index contributed by atoms with van der Waals surface area (Å²) in [6, 6.07) is 7.11. The highest BCUT2D eigenvalue weighted by Crippen LogP contribution is 2.07. The van der Waals surface area contributed by atoms with Gasteiger partial charge in [0.05, 0.1) is 5.56 Å². The van der Waals surface area contributed by atoms with Crippen LogP contribution in [0.3, 0.4) is 0 Å².